The third-order valence-corrected chi connectivity index (χ3v) is 5.13. The van der Waals surface area contributed by atoms with Crippen LogP contribution in [0.1, 0.15) is 23.0 Å². The molecule has 0 atom stereocenters. The first-order valence-corrected chi connectivity index (χ1v) is 10.2. The van der Waals surface area contributed by atoms with Crippen LogP contribution in [0.2, 0.25) is 0 Å². The predicted octanol–water partition coefficient (Wildman–Crippen LogP) is 5.01. The number of aliphatic imine (C=N–C) groups is 1. The highest BCUT2D eigenvalue weighted by molar-refractivity contribution is 8.18. The van der Waals surface area contributed by atoms with E-state index in [1.165, 1.54) is 11.8 Å². The Morgan fingerprint density at radius 3 is 2.60 bits per heavy atom. The summed E-state index contributed by atoms with van der Waals surface area (Å²) in [5.41, 5.74) is 2.08. The molecule has 2 aromatic carbocycles. The number of thioether (sulfide) groups is 1. The second-order valence-corrected chi connectivity index (χ2v) is 7.35. The Morgan fingerprint density at radius 1 is 1.10 bits per heavy atom. The zero-order valence-corrected chi connectivity index (χ0v) is 16.9. The van der Waals surface area contributed by atoms with Gasteiger partial charge in [0.25, 0.3) is 5.91 Å². The van der Waals surface area contributed by atoms with Gasteiger partial charge in [-0.3, -0.25) is 4.79 Å². The van der Waals surface area contributed by atoms with Gasteiger partial charge in [0.1, 0.15) is 11.5 Å². The number of ether oxygens (including phenoxy) is 1. The first-order valence-electron chi connectivity index (χ1n) is 9.34. The molecule has 1 fully saturated rings. The van der Waals surface area contributed by atoms with Crippen molar-refractivity contribution in [1.29, 1.82) is 0 Å². The number of para-hydroxylation sites is 1. The van der Waals surface area contributed by atoms with Gasteiger partial charge in [-0.1, -0.05) is 30.3 Å². The molecule has 7 heteroatoms. The Labute approximate surface area is 177 Å². The molecule has 0 radical (unpaired) electrons. The van der Waals surface area contributed by atoms with Crippen LogP contribution >= 0.6 is 11.8 Å². The van der Waals surface area contributed by atoms with E-state index >= 15 is 0 Å². The van der Waals surface area contributed by atoms with Crippen molar-refractivity contribution in [3.05, 3.63) is 83.0 Å². The van der Waals surface area contributed by atoms with Crippen LogP contribution in [0.25, 0.3) is 17.4 Å². The maximum atomic E-state index is 12.2. The summed E-state index contributed by atoms with van der Waals surface area (Å²) < 4.78 is 10.8. The molecule has 1 saturated heterocycles. The Morgan fingerprint density at radius 2 is 1.87 bits per heavy atom. The maximum absolute atomic E-state index is 12.2. The van der Waals surface area contributed by atoms with Gasteiger partial charge in [0, 0.05) is 11.6 Å². The number of esters is 1. The summed E-state index contributed by atoms with van der Waals surface area (Å²) in [4.78, 5) is 28.9. The second kappa shape index (κ2) is 8.84. The molecule has 1 aliphatic rings. The quantitative estimate of drug-likeness (QED) is 0.465. The second-order valence-electron chi connectivity index (χ2n) is 6.32. The fourth-order valence-electron chi connectivity index (χ4n) is 2.80. The van der Waals surface area contributed by atoms with E-state index in [-0.39, 0.29) is 11.9 Å². The van der Waals surface area contributed by atoms with E-state index in [0.717, 1.165) is 11.3 Å². The topological polar surface area (TPSA) is 80.9 Å². The van der Waals surface area contributed by atoms with E-state index < -0.39 is 0 Å². The summed E-state index contributed by atoms with van der Waals surface area (Å²) in [6.07, 6.45) is 1.68. The van der Waals surface area contributed by atoms with Crippen molar-refractivity contribution >= 4 is 40.6 Å². The minimum Gasteiger partial charge on any atom is -0.462 e. The van der Waals surface area contributed by atoms with Gasteiger partial charge in [0.15, 0.2) is 5.17 Å². The molecule has 6 nitrogen and oxygen atoms in total. The molecule has 2 heterocycles. The molecule has 1 N–H and O–H groups in total. The summed E-state index contributed by atoms with van der Waals surface area (Å²) in [5, 5.41) is 3.29. The number of benzene rings is 2. The summed E-state index contributed by atoms with van der Waals surface area (Å²) in [6, 6.07) is 20.0. The molecule has 1 aromatic heterocycles. The molecule has 0 saturated carbocycles. The molecular weight excluding hydrogens is 400 g/mol. The van der Waals surface area contributed by atoms with Gasteiger partial charge in [0.05, 0.1) is 22.8 Å². The smallest absolute Gasteiger partial charge is 0.338 e. The largest absolute Gasteiger partial charge is 0.462 e. The molecule has 0 bridgehead atoms. The highest BCUT2D eigenvalue weighted by Crippen LogP contribution is 2.30. The molecule has 4 rings (SSSR count). The van der Waals surface area contributed by atoms with Crippen molar-refractivity contribution in [3.63, 3.8) is 0 Å². The number of nitrogens with one attached hydrogen (secondary N) is 1. The van der Waals surface area contributed by atoms with E-state index in [4.69, 9.17) is 9.15 Å². The molecule has 30 heavy (non-hydrogen) atoms. The first kappa shape index (κ1) is 19.7. The number of hydrogen-bond donors (Lipinski definition) is 1. The van der Waals surface area contributed by atoms with Crippen molar-refractivity contribution in [3.8, 4) is 11.3 Å². The number of amides is 1. The van der Waals surface area contributed by atoms with E-state index in [9.17, 15) is 9.59 Å². The monoisotopic (exact) mass is 418 g/mol. The number of hydrogen-bond acceptors (Lipinski definition) is 6. The fraction of sp³-hybridized carbons (Fsp3) is 0.0870. The summed E-state index contributed by atoms with van der Waals surface area (Å²) in [6.45, 7) is 2.10. The van der Waals surface area contributed by atoms with Crippen LogP contribution in [0, 0.1) is 0 Å². The average molecular weight is 418 g/mol. The lowest BCUT2D eigenvalue weighted by Gasteiger charge is -2.02. The summed E-state index contributed by atoms with van der Waals surface area (Å²) in [7, 11) is 0. The third kappa shape index (κ3) is 4.52. The van der Waals surface area contributed by atoms with Gasteiger partial charge in [-0.15, -0.1) is 0 Å². The predicted molar refractivity (Wildman–Crippen MR) is 117 cm³/mol. The molecule has 1 aliphatic heterocycles. The molecule has 1 amide bonds. The van der Waals surface area contributed by atoms with Crippen molar-refractivity contribution in [1.82, 2.24) is 5.32 Å². The van der Waals surface area contributed by atoms with Crippen LogP contribution in [-0.2, 0) is 9.53 Å². The van der Waals surface area contributed by atoms with Crippen LogP contribution in [0.4, 0.5) is 5.69 Å². The van der Waals surface area contributed by atoms with Gasteiger partial charge >= 0.3 is 5.97 Å². The van der Waals surface area contributed by atoms with Crippen molar-refractivity contribution < 1.29 is 18.7 Å². The van der Waals surface area contributed by atoms with Crippen LogP contribution in [0.5, 0.6) is 0 Å². The number of amidine groups is 1. The van der Waals surface area contributed by atoms with E-state index in [1.807, 2.05) is 36.4 Å². The van der Waals surface area contributed by atoms with E-state index in [1.54, 1.807) is 43.3 Å². The Balaban J connectivity index is 1.49. The lowest BCUT2D eigenvalue weighted by Crippen LogP contribution is -2.19. The third-order valence-electron chi connectivity index (χ3n) is 4.22. The van der Waals surface area contributed by atoms with Gasteiger partial charge in [-0.05, 0) is 55.1 Å². The highest BCUT2D eigenvalue weighted by Gasteiger charge is 2.24. The van der Waals surface area contributed by atoms with Crippen LogP contribution in [0.15, 0.2) is 81.0 Å². The standard InChI is InChI=1S/C23H18N2O4S/c1-2-28-22(27)16-10-8-15(9-11-16)19-13-12-18(29-19)14-20-21(26)25-23(30-20)24-17-6-4-3-5-7-17/h3-14H,2H2,1H3,(H,24,25,26)/b20-14+. The highest BCUT2D eigenvalue weighted by atomic mass is 32.2. The lowest BCUT2D eigenvalue weighted by molar-refractivity contribution is -0.115. The molecule has 0 spiro atoms. The number of nitrogens with zero attached hydrogens (tertiary/aromatic N) is 1. The van der Waals surface area contributed by atoms with E-state index in [2.05, 4.69) is 10.3 Å². The maximum Gasteiger partial charge on any atom is 0.338 e. The molecular formula is C23H18N2O4S. The summed E-state index contributed by atoms with van der Waals surface area (Å²) in [5.74, 6) is 0.620. The minimum absolute atomic E-state index is 0.216. The zero-order valence-electron chi connectivity index (χ0n) is 16.1. The Hall–Kier alpha value is -3.58. The Kier molecular flexibility index (Phi) is 5.81. The minimum atomic E-state index is -0.355. The van der Waals surface area contributed by atoms with Crippen LogP contribution in [0.3, 0.4) is 0 Å². The number of carbonyl (C=O) groups is 2. The first-order chi connectivity index (χ1) is 14.6. The number of rotatable bonds is 5. The van der Waals surface area contributed by atoms with Gasteiger partial charge in [-0.2, -0.15) is 0 Å². The fourth-order valence-corrected chi connectivity index (χ4v) is 3.62. The van der Waals surface area contributed by atoms with Gasteiger partial charge in [-0.25, -0.2) is 9.79 Å². The molecule has 0 unspecified atom stereocenters. The Bertz CT molecular complexity index is 1130. The van der Waals surface area contributed by atoms with Crippen molar-refractivity contribution in [2.75, 3.05) is 6.61 Å². The van der Waals surface area contributed by atoms with E-state index in [0.29, 0.717) is 33.8 Å². The SMILES string of the molecule is CCOC(=O)c1ccc(-c2ccc(/C=C3/SC(=Nc4ccccc4)NC3=O)o2)cc1. The molecule has 3 aromatic rings. The number of furan rings is 1. The molecule has 0 aliphatic carbocycles. The lowest BCUT2D eigenvalue weighted by atomic mass is 10.1. The van der Waals surface area contributed by atoms with Crippen LogP contribution in [-0.4, -0.2) is 23.7 Å². The van der Waals surface area contributed by atoms with Crippen molar-refractivity contribution in [2.45, 2.75) is 6.92 Å². The average Bonchev–Trinajstić information content (AvgIpc) is 3.36. The molecule has 150 valence electrons. The normalized spacial score (nSPS) is 16.1. The number of carbonyl (C=O) groups excluding carboxylic acids is 2. The van der Waals surface area contributed by atoms with Crippen LogP contribution < -0.4 is 5.32 Å². The van der Waals surface area contributed by atoms with Gasteiger partial charge in [0.2, 0.25) is 0 Å². The van der Waals surface area contributed by atoms with Gasteiger partial charge < -0.3 is 14.5 Å². The zero-order chi connectivity index (χ0) is 20.9. The van der Waals surface area contributed by atoms with Crippen molar-refractivity contribution in [2.24, 2.45) is 4.99 Å². The summed E-state index contributed by atoms with van der Waals surface area (Å²) >= 11 is 1.26.